The maximum Gasteiger partial charge on any atom is 0.160 e. The van der Waals surface area contributed by atoms with Crippen molar-refractivity contribution in [2.24, 2.45) is 0 Å². The monoisotopic (exact) mass is 286 g/mol. The maximum atomic E-state index is 11.7. The Morgan fingerprint density at radius 3 is 2.48 bits per heavy atom. The van der Waals surface area contributed by atoms with Crippen LogP contribution in [-0.4, -0.2) is 32.1 Å². The third-order valence-electron chi connectivity index (χ3n) is 4.11. The zero-order chi connectivity index (χ0) is 14.5. The third-order valence-corrected chi connectivity index (χ3v) is 4.11. The molecule has 1 aliphatic carbocycles. The molecule has 1 N–H and O–H groups in total. The van der Waals surface area contributed by atoms with Crippen LogP contribution in [0, 0.1) is 0 Å². The van der Waals surface area contributed by atoms with E-state index in [-0.39, 0.29) is 0 Å². The second-order valence-corrected chi connectivity index (χ2v) is 5.59. The Morgan fingerprint density at radius 1 is 1.05 bits per heavy atom. The summed E-state index contributed by atoms with van der Waals surface area (Å²) in [4.78, 5) is 14.1. The van der Waals surface area contributed by atoms with Crippen molar-refractivity contribution in [3.63, 3.8) is 0 Å². The number of hydrogen-bond donors (Lipinski definition) is 1. The van der Waals surface area contributed by atoms with Gasteiger partial charge in [-0.2, -0.15) is 0 Å². The number of nitrogens with one attached hydrogen (secondary N) is 1. The number of nitrogens with zero attached hydrogens (tertiary/aromatic N) is 1. The predicted octanol–water partition coefficient (Wildman–Crippen LogP) is 2.96. The van der Waals surface area contributed by atoms with E-state index in [1.165, 1.54) is 5.69 Å². The summed E-state index contributed by atoms with van der Waals surface area (Å²) in [6, 6.07) is 8.37. The number of rotatable bonds is 3. The van der Waals surface area contributed by atoms with Gasteiger partial charge in [-0.25, -0.2) is 0 Å². The summed E-state index contributed by atoms with van der Waals surface area (Å²) in [5, 5.41) is 3.25. The van der Waals surface area contributed by atoms with E-state index >= 15 is 0 Å². The summed E-state index contributed by atoms with van der Waals surface area (Å²) in [5.74, 6) is 0.290. The average Bonchev–Trinajstić information content (AvgIpc) is 2.55. The van der Waals surface area contributed by atoms with Crippen molar-refractivity contribution >= 4 is 17.2 Å². The van der Waals surface area contributed by atoms with Gasteiger partial charge in [0.15, 0.2) is 5.78 Å². The Balaban J connectivity index is 1.61. The minimum absolute atomic E-state index is 0.290. The zero-order valence-electron chi connectivity index (χ0n) is 12.3. The van der Waals surface area contributed by atoms with E-state index in [2.05, 4.69) is 34.5 Å². The number of Topliss-reactive ketones (excluding diaryl/α,β-unsaturated/α-hetero) is 1. The lowest BCUT2D eigenvalue weighted by atomic mass is 9.94. The fourth-order valence-electron chi connectivity index (χ4n) is 2.81. The predicted molar refractivity (Wildman–Crippen MR) is 84.7 cm³/mol. The Bertz CT molecular complexity index is 516. The molecule has 21 heavy (non-hydrogen) atoms. The van der Waals surface area contributed by atoms with Gasteiger partial charge in [-0.3, -0.25) is 4.79 Å². The number of carbonyl (C=O) groups is 1. The van der Waals surface area contributed by atoms with Crippen molar-refractivity contribution in [3.05, 3.63) is 36.0 Å². The first kappa shape index (κ1) is 14.1. The second-order valence-electron chi connectivity index (χ2n) is 5.59. The van der Waals surface area contributed by atoms with Crippen molar-refractivity contribution in [1.29, 1.82) is 0 Å². The first-order valence-corrected chi connectivity index (χ1v) is 7.74. The van der Waals surface area contributed by atoms with Crippen molar-refractivity contribution in [3.8, 4) is 0 Å². The number of ketones is 1. The first-order chi connectivity index (χ1) is 10.3. The molecule has 1 heterocycles. The van der Waals surface area contributed by atoms with Gasteiger partial charge in [0, 0.05) is 42.7 Å². The standard InChI is InChI=1S/C17H22N2O2/c20-17-4-2-1-3-14(17)13-18-15-5-7-16(8-6-15)19-9-11-21-12-10-19/h5-8,13,18H,1-4,9-12H2. The molecular weight excluding hydrogens is 264 g/mol. The maximum absolute atomic E-state index is 11.7. The van der Waals surface area contributed by atoms with Crippen LogP contribution in [0.4, 0.5) is 11.4 Å². The highest BCUT2D eigenvalue weighted by Gasteiger charge is 2.14. The number of benzene rings is 1. The number of anilines is 2. The normalized spacial score (nSPS) is 21.6. The number of allylic oxidation sites excluding steroid dienone is 1. The van der Waals surface area contributed by atoms with Gasteiger partial charge in [0.2, 0.25) is 0 Å². The van der Waals surface area contributed by atoms with Gasteiger partial charge in [-0.05, 0) is 43.5 Å². The lowest BCUT2D eigenvalue weighted by Gasteiger charge is -2.28. The van der Waals surface area contributed by atoms with Crippen LogP contribution in [0.5, 0.6) is 0 Å². The number of morpholine rings is 1. The molecule has 2 fully saturated rings. The largest absolute Gasteiger partial charge is 0.378 e. The Hall–Kier alpha value is -1.81. The molecule has 1 aromatic carbocycles. The molecule has 0 aromatic heterocycles. The van der Waals surface area contributed by atoms with Crippen LogP contribution in [0.3, 0.4) is 0 Å². The average molecular weight is 286 g/mol. The quantitative estimate of drug-likeness (QED) is 0.867. The van der Waals surface area contributed by atoms with Gasteiger partial charge in [-0.15, -0.1) is 0 Å². The zero-order valence-corrected chi connectivity index (χ0v) is 12.3. The molecule has 0 radical (unpaired) electrons. The van der Waals surface area contributed by atoms with Crippen molar-refractivity contribution in [1.82, 2.24) is 0 Å². The molecular formula is C17H22N2O2. The van der Waals surface area contributed by atoms with E-state index < -0.39 is 0 Å². The summed E-state index contributed by atoms with van der Waals surface area (Å²) in [7, 11) is 0. The van der Waals surface area contributed by atoms with Crippen LogP contribution in [0.25, 0.3) is 0 Å². The third kappa shape index (κ3) is 3.64. The van der Waals surface area contributed by atoms with Gasteiger partial charge in [0.05, 0.1) is 13.2 Å². The fourth-order valence-corrected chi connectivity index (χ4v) is 2.81. The highest BCUT2D eigenvalue weighted by Crippen LogP contribution is 2.22. The van der Waals surface area contributed by atoms with Crippen molar-refractivity contribution < 1.29 is 9.53 Å². The first-order valence-electron chi connectivity index (χ1n) is 7.74. The molecule has 1 aliphatic heterocycles. The molecule has 2 aliphatic rings. The van der Waals surface area contributed by atoms with Gasteiger partial charge >= 0.3 is 0 Å². The molecule has 0 spiro atoms. The van der Waals surface area contributed by atoms with E-state index in [4.69, 9.17) is 4.74 Å². The molecule has 0 amide bonds. The summed E-state index contributed by atoms with van der Waals surface area (Å²) in [5.41, 5.74) is 3.18. The highest BCUT2D eigenvalue weighted by molar-refractivity contribution is 5.96. The van der Waals surface area contributed by atoms with Crippen molar-refractivity contribution in [2.45, 2.75) is 25.7 Å². The molecule has 1 aromatic rings. The minimum atomic E-state index is 0.290. The van der Waals surface area contributed by atoms with Crippen LogP contribution in [0.2, 0.25) is 0 Å². The van der Waals surface area contributed by atoms with E-state index in [1.807, 2.05) is 6.20 Å². The van der Waals surface area contributed by atoms with Crippen LogP contribution >= 0.6 is 0 Å². The lowest BCUT2D eigenvalue weighted by molar-refractivity contribution is -0.116. The van der Waals surface area contributed by atoms with Crippen LogP contribution < -0.4 is 10.2 Å². The molecule has 4 nitrogen and oxygen atoms in total. The van der Waals surface area contributed by atoms with E-state index in [0.717, 1.165) is 56.8 Å². The summed E-state index contributed by atoms with van der Waals surface area (Å²) >= 11 is 0. The summed E-state index contributed by atoms with van der Waals surface area (Å²) in [6.07, 6.45) is 5.63. The topological polar surface area (TPSA) is 41.6 Å². The van der Waals surface area contributed by atoms with E-state index in [1.54, 1.807) is 0 Å². The molecule has 1 saturated heterocycles. The summed E-state index contributed by atoms with van der Waals surface area (Å²) < 4.78 is 5.37. The molecule has 0 bridgehead atoms. The lowest BCUT2D eigenvalue weighted by Crippen LogP contribution is -2.36. The number of ether oxygens (including phenoxy) is 1. The summed E-state index contributed by atoms with van der Waals surface area (Å²) in [6.45, 7) is 3.50. The van der Waals surface area contributed by atoms with Crippen molar-refractivity contribution in [2.75, 3.05) is 36.5 Å². The second kappa shape index (κ2) is 6.76. The van der Waals surface area contributed by atoms with Gasteiger partial charge in [0.25, 0.3) is 0 Å². The molecule has 112 valence electrons. The van der Waals surface area contributed by atoms with Crippen LogP contribution in [0.1, 0.15) is 25.7 Å². The van der Waals surface area contributed by atoms with Gasteiger partial charge in [0.1, 0.15) is 0 Å². The van der Waals surface area contributed by atoms with E-state index in [0.29, 0.717) is 12.2 Å². The smallest absolute Gasteiger partial charge is 0.160 e. The molecule has 1 saturated carbocycles. The van der Waals surface area contributed by atoms with Crippen LogP contribution in [0.15, 0.2) is 36.0 Å². The number of carbonyl (C=O) groups excluding carboxylic acids is 1. The SMILES string of the molecule is O=C1CCCCC1=CNc1ccc(N2CCOCC2)cc1. The molecule has 3 rings (SSSR count). The fraction of sp³-hybridized carbons (Fsp3) is 0.471. The highest BCUT2D eigenvalue weighted by atomic mass is 16.5. The molecule has 0 unspecified atom stereocenters. The Labute approximate surface area is 125 Å². The van der Waals surface area contributed by atoms with Gasteiger partial charge in [-0.1, -0.05) is 0 Å². The van der Waals surface area contributed by atoms with E-state index in [9.17, 15) is 4.79 Å². The number of hydrogen-bond acceptors (Lipinski definition) is 4. The minimum Gasteiger partial charge on any atom is -0.378 e. The Kier molecular flexibility index (Phi) is 4.55. The molecule has 4 heteroatoms. The van der Waals surface area contributed by atoms with Gasteiger partial charge < -0.3 is 15.0 Å². The van der Waals surface area contributed by atoms with Crippen LogP contribution in [-0.2, 0) is 9.53 Å². The molecule has 0 atom stereocenters. The Morgan fingerprint density at radius 2 is 1.76 bits per heavy atom.